The van der Waals surface area contributed by atoms with E-state index in [1.807, 2.05) is 0 Å². The number of nitrogens with zero attached hydrogens (tertiary/aromatic N) is 1. The molecule has 0 aliphatic rings. The van der Waals surface area contributed by atoms with Gasteiger partial charge < -0.3 is 14.8 Å². The second-order valence-corrected chi connectivity index (χ2v) is 7.32. The first-order chi connectivity index (χ1) is 15.9. The van der Waals surface area contributed by atoms with E-state index in [4.69, 9.17) is 32.7 Å². The van der Waals surface area contributed by atoms with Gasteiger partial charge in [-0.15, -0.1) is 0 Å². The van der Waals surface area contributed by atoms with Crippen LogP contribution in [0.4, 0.5) is 10.1 Å². The van der Waals surface area contributed by atoms with Gasteiger partial charge in [0.15, 0.2) is 11.5 Å². The van der Waals surface area contributed by atoms with Crippen LogP contribution in [0, 0.1) is 5.82 Å². The molecule has 0 saturated carbocycles. The van der Waals surface area contributed by atoms with Crippen LogP contribution in [0.25, 0.3) is 0 Å². The van der Waals surface area contributed by atoms with E-state index in [9.17, 15) is 14.0 Å². The second-order valence-electron chi connectivity index (χ2n) is 6.50. The first-order valence-electron chi connectivity index (χ1n) is 9.52. The highest BCUT2D eigenvalue weighted by Crippen LogP contribution is 2.33. The van der Waals surface area contributed by atoms with Gasteiger partial charge in [0.25, 0.3) is 0 Å². The molecule has 0 aliphatic heterocycles. The molecule has 7 nitrogen and oxygen atoms in total. The van der Waals surface area contributed by atoms with Gasteiger partial charge in [-0.3, -0.25) is 9.59 Å². The molecule has 0 heterocycles. The molecule has 0 fully saturated rings. The molecule has 3 rings (SSSR count). The van der Waals surface area contributed by atoms with E-state index in [1.54, 1.807) is 36.4 Å². The summed E-state index contributed by atoms with van der Waals surface area (Å²) in [5, 5.41) is 6.84. The summed E-state index contributed by atoms with van der Waals surface area (Å²) in [7, 11) is 1.47. The standard InChI is InChI=1S/C23H18Cl2FN3O4/c1-32-20-11-4-6-14(21(20)33-13-15-16(24)7-5-8-17(15)25)12-27-29-23(31)22(30)28-19-10-3-2-9-18(19)26/h2-12H,13H2,1H3,(H,28,30)(H,29,31)/b27-12-. The highest BCUT2D eigenvalue weighted by Gasteiger charge is 2.16. The number of methoxy groups -OCH3 is 1. The Morgan fingerprint density at radius 2 is 1.70 bits per heavy atom. The number of carbonyl (C=O) groups is 2. The van der Waals surface area contributed by atoms with Crippen molar-refractivity contribution in [3.05, 3.63) is 87.7 Å². The quantitative estimate of drug-likeness (QED) is 0.283. The van der Waals surface area contributed by atoms with Gasteiger partial charge in [-0.1, -0.05) is 47.5 Å². The van der Waals surface area contributed by atoms with Crippen molar-refractivity contribution in [2.75, 3.05) is 12.4 Å². The number of hydrazone groups is 1. The van der Waals surface area contributed by atoms with Crippen LogP contribution in [0.3, 0.4) is 0 Å². The number of hydrogen-bond donors (Lipinski definition) is 2. The molecule has 0 atom stereocenters. The highest BCUT2D eigenvalue weighted by molar-refractivity contribution is 6.39. The number of para-hydroxylation sites is 2. The van der Waals surface area contributed by atoms with E-state index in [0.29, 0.717) is 32.7 Å². The summed E-state index contributed by atoms with van der Waals surface area (Å²) in [6.45, 7) is 0.0527. The van der Waals surface area contributed by atoms with Crippen LogP contribution in [-0.2, 0) is 16.2 Å². The predicted molar refractivity (Wildman–Crippen MR) is 125 cm³/mol. The topological polar surface area (TPSA) is 89.0 Å². The number of halogens is 3. The van der Waals surface area contributed by atoms with Crippen molar-refractivity contribution in [1.29, 1.82) is 0 Å². The van der Waals surface area contributed by atoms with Crippen LogP contribution in [0.5, 0.6) is 11.5 Å². The van der Waals surface area contributed by atoms with Crippen molar-refractivity contribution in [1.82, 2.24) is 5.43 Å². The molecule has 33 heavy (non-hydrogen) atoms. The number of benzene rings is 3. The minimum absolute atomic E-state index is 0.0527. The zero-order valence-corrected chi connectivity index (χ0v) is 18.8. The second kappa shape index (κ2) is 11.3. The van der Waals surface area contributed by atoms with Gasteiger partial charge in [0.2, 0.25) is 0 Å². The molecule has 2 N–H and O–H groups in total. The van der Waals surface area contributed by atoms with Crippen molar-refractivity contribution in [3.63, 3.8) is 0 Å². The van der Waals surface area contributed by atoms with E-state index >= 15 is 0 Å². The summed E-state index contributed by atoms with van der Waals surface area (Å²) in [6, 6.07) is 15.6. The maximum absolute atomic E-state index is 13.6. The fraction of sp³-hybridized carbons (Fsp3) is 0.0870. The van der Waals surface area contributed by atoms with Gasteiger partial charge in [-0.25, -0.2) is 9.82 Å². The van der Waals surface area contributed by atoms with E-state index in [-0.39, 0.29) is 12.3 Å². The third kappa shape index (κ3) is 6.21. The highest BCUT2D eigenvalue weighted by atomic mass is 35.5. The molecule has 0 aromatic heterocycles. The van der Waals surface area contributed by atoms with Crippen LogP contribution < -0.4 is 20.2 Å². The molecular formula is C23H18Cl2FN3O4. The maximum atomic E-state index is 13.6. The molecule has 3 aromatic carbocycles. The number of anilines is 1. The molecule has 0 aliphatic carbocycles. The maximum Gasteiger partial charge on any atom is 0.329 e. The molecular weight excluding hydrogens is 472 g/mol. The lowest BCUT2D eigenvalue weighted by Gasteiger charge is -2.14. The summed E-state index contributed by atoms with van der Waals surface area (Å²) in [5.74, 6) is -2.09. The van der Waals surface area contributed by atoms with Crippen molar-refractivity contribution < 1.29 is 23.5 Å². The third-order valence-corrected chi connectivity index (χ3v) is 5.06. The van der Waals surface area contributed by atoms with Crippen molar-refractivity contribution in [3.8, 4) is 11.5 Å². The van der Waals surface area contributed by atoms with Crippen LogP contribution in [-0.4, -0.2) is 25.1 Å². The van der Waals surface area contributed by atoms with Gasteiger partial charge in [-0.05, 0) is 36.4 Å². The Bertz CT molecular complexity index is 1180. The lowest BCUT2D eigenvalue weighted by molar-refractivity contribution is -0.136. The Kier molecular flexibility index (Phi) is 8.23. The van der Waals surface area contributed by atoms with Gasteiger partial charge >= 0.3 is 11.8 Å². The van der Waals surface area contributed by atoms with E-state index < -0.39 is 17.6 Å². The Morgan fingerprint density at radius 3 is 2.39 bits per heavy atom. The van der Waals surface area contributed by atoms with E-state index in [2.05, 4.69) is 15.8 Å². The zero-order valence-electron chi connectivity index (χ0n) is 17.3. The fourth-order valence-corrected chi connectivity index (χ4v) is 3.22. The molecule has 0 spiro atoms. The fourth-order valence-electron chi connectivity index (χ4n) is 2.72. The summed E-state index contributed by atoms with van der Waals surface area (Å²) in [5.41, 5.74) is 3.00. The van der Waals surface area contributed by atoms with Crippen molar-refractivity contribution in [2.45, 2.75) is 6.61 Å². The summed E-state index contributed by atoms with van der Waals surface area (Å²) in [6.07, 6.45) is 1.28. The number of hydrogen-bond acceptors (Lipinski definition) is 5. The molecule has 0 unspecified atom stereocenters. The SMILES string of the molecule is COc1cccc(/C=N\NC(=O)C(=O)Nc2ccccc2F)c1OCc1c(Cl)cccc1Cl. The molecule has 170 valence electrons. The first kappa shape index (κ1) is 24.0. The van der Waals surface area contributed by atoms with Crippen molar-refractivity contribution >= 4 is 46.9 Å². The summed E-state index contributed by atoms with van der Waals surface area (Å²) < 4.78 is 24.9. The minimum Gasteiger partial charge on any atom is -0.493 e. The molecule has 0 bridgehead atoms. The molecule has 0 radical (unpaired) electrons. The Labute approximate surface area is 199 Å². The Morgan fingerprint density at radius 1 is 1.00 bits per heavy atom. The Balaban J connectivity index is 1.70. The van der Waals surface area contributed by atoms with E-state index in [0.717, 1.165) is 6.07 Å². The monoisotopic (exact) mass is 489 g/mol. The number of ether oxygens (including phenoxy) is 2. The van der Waals surface area contributed by atoms with Gasteiger partial charge in [-0.2, -0.15) is 5.10 Å². The van der Waals surface area contributed by atoms with Crippen LogP contribution >= 0.6 is 23.2 Å². The molecule has 3 aromatic rings. The van der Waals surface area contributed by atoms with E-state index in [1.165, 1.54) is 31.5 Å². The lowest BCUT2D eigenvalue weighted by atomic mass is 10.2. The average Bonchev–Trinajstić information content (AvgIpc) is 2.80. The van der Waals surface area contributed by atoms with Crippen LogP contribution in [0.1, 0.15) is 11.1 Å². The molecule has 10 heteroatoms. The van der Waals surface area contributed by atoms with Crippen LogP contribution in [0.15, 0.2) is 65.8 Å². The number of amides is 2. The third-order valence-electron chi connectivity index (χ3n) is 4.35. The van der Waals surface area contributed by atoms with Crippen LogP contribution in [0.2, 0.25) is 10.0 Å². The number of rotatable bonds is 7. The molecule has 2 amide bonds. The van der Waals surface area contributed by atoms with Crippen molar-refractivity contribution in [2.24, 2.45) is 5.10 Å². The van der Waals surface area contributed by atoms with Gasteiger partial charge in [0.05, 0.1) is 19.0 Å². The number of carbonyl (C=O) groups excluding carboxylic acids is 2. The number of nitrogens with one attached hydrogen (secondary N) is 2. The van der Waals surface area contributed by atoms with Gasteiger partial charge in [0, 0.05) is 21.2 Å². The summed E-state index contributed by atoms with van der Waals surface area (Å²) >= 11 is 12.4. The lowest BCUT2D eigenvalue weighted by Crippen LogP contribution is -2.32. The normalized spacial score (nSPS) is 10.7. The zero-order chi connectivity index (χ0) is 23.8. The molecule has 0 saturated heterocycles. The summed E-state index contributed by atoms with van der Waals surface area (Å²) in [4.78, 5) is 24.0. The largest absolute Gasteiger partial charge is 0.493 e. The smallest absolute Gasteiger partial charge is 0.329 e. The predicted octanol–water partition coefficient (Wildman–Crippen LogP) is 4.81. The average molecular weight is 490 g/mol. The minimum atomic E-state index is -1.08. The first-order valence-corrected chi connectivity index (χ1v) is 10.3. The van der Waals surface area contributed by atoms with Gasteiger partial charge in [0.1, 0.15) is 12.4 Å². The Hall–Kier alpha value is -3.62.